The van der Waals surface area contributed by atoms with Gasteiger partial charge in [-0.1, -0.05) is 12.1 Å². The van der Waals surface area contributed by atoms with Gasteiger partial charge in [0.2, 0.25) is 5.69 Å². The molecule has 0 saturated carbocycles. The van der Waals surface area contributed by atoms with E-state index in [4.69, 9.17) is 18.9 Å². The average Bonchev–Trinajstić information content (AvgIpc) is 2.89. The molecule has 1 aromatic heterocycles. The van der Waals surface area contributed by atoms with E-state index in [2.05, 4.69) is 16.8 Å². The van der Waals surface area contributed by atoms with Crippen LogP contribution < -0.4 is 23.5 Å². The van der Waals surface area contributed by atoms with Gasteiger partial charge in [0.05, 0.1) is 37.2 Å². The van der Waals surface area contributed by atoms with Gasteiger partial charge in [-0.15, -0.1) is 0 Å². The van der Waals surface area contributed by atoms with Crippen LogP contribution in [0.25, 0.3) is 22.0 Å². The number of non-ortho nitro benzene ring substituents is 1. The Hall–Kier alpha value is -4.33. The zero-order valence-electron chi connectivity index (χ0n) is 19.7. The molecule has 3 aromatic carbocycles. The lowest BCUT2D eigenvalue weighted by molar-refractivity contribution is -0.686. The lowest BCUT2D eigenvalue weighted by atomic mass is 9.95. The van der Waals surface area contributed by atoms with Crippen LogP contribution in [0.5, 0.6) is 23.0 Å². The Morgan fingerprint density at radius 2 is 1.71 bits per heavy atom. The molecule has 0 spiro atoms. The highest BCUT2D eigenvalue weighted by atomic mass is 16.6. The number of aromatic nitrogens is 1. The van der Waals surface area contributed by atoms with E-state index in [0.717, 1.165) is 40.7 Å². The van der Waals surface area contributed by atoms with Crippen molar-refractivity contribution in [3.63, 3.8) is 0 Å². The minimum absolute atomic E-state index is 0.0336. The number of pyridine rings is 1. The molecule has 2 heterocycles. The summed E-state index contributed by atoms with van der Waals surface area (Å²) in [6, 6.07) is 16.5. The molecule has 8 heteroatoms. The van der Waals surface area contributed by atoms with Crippen molar-refractivity contribution >= 4 is 16.5 Å². The molecule has 5 rings (SSSR count). The fourth-order valence-electron chi connectivity index (χ4n) is 4.56. The van der Waals surface area contributed by atoms with Crippen LogP contribution in [-0.2, 0) is 19.6 Å². The number of nitro benzene ring substituents is 1. The number of aryl methyl sites for hydroxylation is 2. The zero-order chi connectivity index (χ0) is 24.5. The predicted octanol–water partition coefficient (Wildman–Crippen LogP) is 4.86. The van der Waals surface area contributed by atoms with Crippen LogP contribution in [0.15, 0.2) is 60.8 Å². The summed E-state index contributed by atoms with van der Waals surface area (Å²) in [5.41, 5.74) is 4.13. The van der Waals surface area contributed by atoms with Crippen molar-refractivity contribution < 1.29 is 28.4 Å². The van der Waals surface area contributed by atoms with Crippen LogP contribution >= 0.6 is 0 Å². The second kappa shape index (κ2) is 9.13. The van der Waals surface area contributed by atoms with E-state index in [9.17, 15) is 10.1 Å². The van der Waals surface area contributed by atoms with Gasteiger partial charge >= 0.3 is 0 Å². The summed E-state index contributed by atoms with van der Waals surface area (Å²) in [6.07, 6.45) is 2.93. The van der Waals surface area contributed by atoms with Gasteiger partial charge in [-0.2, -0.15) is 4.57 Å². The number of nitrogens with zero attached hydrogens (tertiary/aromatic N) is 2. The molecule has 0 radical (unpaired) electrons. The quantitative estimate of drug-likeness (QED) is 0.216. The normalized spacial score (nSPS) is 12.0. The monoisotopic (exact) mass is 473 g/mol. The molecule has 0 aliphatic carbocycles. The summed E-state index contributed by atoms with van der Waals surface area (Å²) in [5.74, 6) is 2.62. The van der Waals surface area contributed by atoms with E-state index in [-0.39, 0.29) is 12.3 Å². The van der Waals surface area contributed by atoms with Gasteiger partial charge in [-0.25, -0.2) is 0 Å². The van der Waals surface area contributed by atoms with Crippen molar-refractivity contribution in [3.05, 3.63) is 82.0 Å². The highest BCUT2D eigenvalue weighted by molar-refractivity contribution is 5.91. The SMILES string of the molecule is COc1cc2c(cc1OC)-c1cc3ccc(OC)c(OCc4cccc([N+](=O)[O-])c4)c3c[n+]1CC2. The van der Waals surface area contributed by atoms with E-state index in [1.807, 2.05) is 24.3 Å². The molecule has 0 N–H and O–H groups in total. The first-order valence-corrected chi connectivity index (χ1v) is 11.2. The molecule has 0 amide bonds. The number of fused-ring (bicyclic) bond motifs is 4. The smallest absolute Gasteiger partial charge is 0.269 e. The van der Waals surface area contributed by atoms with E-state index < -0.39 is 4.92 Å². The fourth-order valence-corrected chi connectivity index (χ4v) is 4.56. The lowest BCUT2D eigenvalue weighted by Crippen LogP contribution is -2.40. The summed E-state index contributed by atoms with van der Waals surface area (Å²) in [7, 11) is 4.88. The van der Waals surface area contributed by atoms with Crippen molar-refractivity contribution in [2.24, 2.45) is 0 Å². The van der Waals surface area contributed by atoms with Crippen LogP contribution in [0.1, 0.15) is 11.1 Å². The van der Waals surface area contributed by atoms with Gasteiger partial charge in [0.1, 0.15) is 6.61 Å². The molecule has 178 valence electrons. The van der Waals surface area contributed by atoms with E-state index in [1.54, 1.807) is 33.5 Å². The second-order valence-electron chi connectivity index (χ2n) is 8.28. The van der Waals surface area contributed by atoms with Crippen molar-refractivity contribution in [1.82, 2.24) is 0 Å². The maximum atomic E-state index is 11.1. The summed E-state index contributed by atoms with van der Waals surface area (Å²) in [6.45, 7) is 0.980. The molecule has 8 nitrogen and oxygen atoms in total. The van der Waals surface area contributed by atoms with Crippen LogP contribution in [-0.4, -0.2) is 26.3 Å². The molecule has 1 aliphatic heterocycles. The number of hydrogen-bond donors (Lipinski definition) is 0. The van der Waals surface area contributed by atoms with E-state index in [0.29, 0.717) is 22.8 Å². The number of ether oxygens (including phenoxy) is 4. The molecular formula is C27H25N2O6+. The third-order valence-corrected chi connectivity index (χ3v) is 6.31. The largest absolute Gasteiger partial charge is 0.493 e. The van der Waals surface area contributed by atoms with Gasteiger partial charge in [0.15, 0.2) is 35.7 Å². The maximum Gasteiger partial charge on any atom is 0.269 e. The summed E-state index contributed by atoms with van der Waals surface area (Å²) in [5, 5.41) is 13.0. The number of nitro groups is 1. The molecule has 4 aromatic rings. The molecular weight excluding hydrogens is 448 g/mol. The first-order valence-electron chi connectivity index (χ1n) is 11.2. The lowest BCUT2D eigenvalue weighted by Gasteiger charge is -2.19. The topological polar surface area (TPSA) is 83.9 Å². The Labute approximate surface area is 202 Å². The third-order valence-electron chi connectivity index (χ3n) is 6.31. The van der Waals surface area contributed by atoms with Gasteiger partial charge in [-0.05, 0) is 40.8 Å². The van der Waals surface area contributed by atoms with Crippen LogP contribution in [0, 0.1) is 10.1 Å². The van der Waals surface area contributed by atoms with E-state index in [1.165, 1.54) is 17.7 Å². The van der Waals surface area contributed by atoms with Gasteiger partial charge in [0.25, 0.3) is 5.69 Å². The number of benzene rings is 3. The van der Waals surface area contributed by atoms with Crippen molar-refractivity contribution in [1.29, 1.82) is 0 Å². The Balaban J connectivity index is 1.57. The number of rotatable bonds is 7. The second-order valence-corrected chi connectivity index (χ2v) is 8.28. The van der Waals surface area contributed by atoms with Gasteiger partial charge < -0.3 is 18.9 Å². The highest BCUT2D eigenvalue weighted by Crippen LogP contribution is 2.40. The highest BCUT2D eigenvalue weighted by Gasteiger charge is 2.27. The number of hydrogen-bond acceptors (Lipinski definition) is 6. The Kier molecular flexibility index (Phi) is 5.86. The van der Waals surface area contributed by atoms with Crippen LogP contribution in [0.3, 0.4) is 0 Å². The minimum Gasteiger partial charge on any atom is -0.493 e. The standard InChI is InChI=1S/C27H25N2O6/c1-32-24-8-7-18-12-23-21-14-26(34-3)25(33-2)13-19(21)9-10-28(23)15-22(18)27(24)35-16-17-5-4-6-20(11-17)29(30)31/h4-8,11-15H,9-10,16H2,1-3H3/q+1. The zero-order valence-corrected chi connectivity index (χ0v) is 19.7. The third kappa shape index (κ3) is 4.07. The first-order chi connectivity index (χ1) is 17.0. The minimum atomic E-state index is -0.409. The van der Waals surface area contributed by atoms with Crippen LogP contribution in [0.2, 0.25) is 0 Å². The van der Waals surface area contributed by atoms with Gasteiger partial charge in [0, 0.05) is 24.6 Å². The molecule has 0 atom stereocenters. The maximum absolute atomic E-state index is 11.1. The summed E-state index contributed by atoms with van der Waals surface area (Å²) >= 11 is 0. The van der Waals surface area contributed by atoms with Crippen LogP contribution in [0.4, 0.5) is 5.69 Å². The Morgan fingerprint density at radius 3 is 2.46 bits per heavy atom. The molecule has 0 unspecified atom stereocenters. The summed E-state index contributed by atoms with van der Waals surface area (Å²) < 4.78 is 25.0. The Morgan fingerprint density at radius 1 is 0.943 bits per heavy atom. The molecule has 35 heavy (non-hydrogen) atoms. The van der Waals surface area contributed by atoms with Crippen molar-refractivity contribution in [2.75, 3.05) is 21.3 Å². The Bertz CT molecular complexity index is 1450. The average molecular weight is 474 g/mol. The summed E-state index contributed by atoms with van der Waals surface area (Å²) in [4.78, 5) is 10.7. The fraction of sp³-hybridized carbons (Fsp3) is 0.222. The molecule has 0 fully saturated rings. The van der Waals surface area contributed by atoms with E-state index >= 15 is 0 Å². The van der Waals surface area contributed by atoms with Crippen molar-refractivity contribution in [2.45, 2.75) is 19.6 Å². The number of methoxy groups -OCH3 is 3. The predicted molar refractivity (Wildman–Crippen MR) is 130 cm³/mol. The van der Waals surface area contributed by atoms with Crippen molar-refractivity contribution in [3.8, 4) is 34.3 Å². The first kappa shape index (κ1) is 22.5. The van der Waals surface area contributed by atoms with Gasteiger partial charge in [-0.3, -0.25) is 10.1 Å². The molecule has 0 bridgehead atoms. The molecule has 0 saturated heterocycles. The molecule has 1 aliphatic rings.